The van der Waals surface area contributed by atoms with E-state index >= 15 is 0 Å². The number of benzene rings is 3. The average Bonchev–Trinajstić information content (AvgIpc) is 3.14. The zero-order chi connectivity index (χ0) is 23.0. The lowest BCUT2D eigenvalue weighted by Gasteiger charge is -2.18. The maximum absolute atomic E-state index is 13.4. The van der Waals surface area contributed by atoms with E-state index in [2.05, 4.69) is 49.4 Å². The minimum Gasteiger partial charge on any atom is -0.252 e. The van der Waals surface area contributed by atoms with E-state index in [4.69, 9.17) is 4.99 Å². The van der Waals surface area contributed by atoms with Gasteiger partial charge in [0.2, 0.25) is 10.0 Å². The lowest BCUT2D eigenvalue weighted by molar-refractivity contribution is 0.481. The van der Waals surface area contributed by atoms with Crippen molar-refractivity contribution >= 4 is 21.4 Å². The monoisotopic (exact) mass is 454 g/mol. The van der Waals surface area contributed by atoms with Gasteiger partial charge in [-0.1, -0.05) is 77.9 Å². The molecule has 0 fully saturated rings. The number of aliphatic imine (C=N–C) groups is 1. The maximum Gasteiger partial charge on any atom is 0.243 e. The van der Waals surface area contributed by atoms with Crippen LogP contribution in [0.25, 0.3) is 5.70 Å². The van der Waals surface area contributed by atoms with Crippen molar-refractivity contribution in [1.29, 1.82) is 0 Å². The smallest absolute Gasteiger partial charge is 0.243 e. The van der Waals surface area contributed by atoms with Gasteiger partial charge in [0, 0.05) is 25.1 Å². The Bertz CT molecular complexity index is 1380. The van der Waals surface area contributed by atoms with Crippen LogP contribution in [0.1, 0.15) is 28.7 Å². The largest absolute Gasteiger partial charge is 0.252 e. The highest BCUT2D eigenvalue weighted by atomic mass is 32.2. The van der Waals surface area contributed by atoms with Gasteiger partial charge in [0.1, 0.15) is 0 Å². The predicted molar refractivity (Wildman–Crippen MR) is 134 cm³/mol. The second-order valence-corrected chi connectivity index (χ2v) is 10.6. The Labute approximate surface area is 195 Å². The Morgan fingerprint density at radius 1 is 0.758 bits per heavy atom. The SMILES string of the molecule is Cc1ccc(C2=CC3=C(CC(c4ccccc4)=N2)CN(S(=O)(=O)c2ccc(C)cc2)C3)cc1. The molecule has 0 aliphatic carbocycles. The summed E-state index contributed by atoms with van der Waals surface area (Å²) in [7, 11) is -3.57. The van der Waals surface area contributed by atoms with Crippen molar-refractivity contribution < 1.29 is 8.42 Å². The van der Waals surface area contributed by atoms with Crippen molar-refractivity contribution in [3.8, 4) is 0 Å². The molecule has 0 saturated heterocycles. The summed E-state index contributed by atoms with van der Waals surface area (Å²) in [6.07, 6.45) is 2.70. The first kappa shape index (κ1) is 21.6. The summed E-state index contributed by atoms with van der Waals surface area (Å²) in [5.74, 6) is 0. The average molecular weight is 455 g/mol. The highest BCUT2D eigenvalue weighted by Gasteiger charge is 2.33. The molecule has 0 unspecified atom stereocenters. The van der Waals surface area contributed by atoms with Crippen LogP contribution in [-0.4, -0.2) is 31.5 Å². The third kappa shape index (κ3) is 4.34. The molecule has 0 saturated carbocycles. The standard InChI is InChI=1S/C28H26N2O2S/c1-20-8-12-23(13-9-20)28-17-25-19-30(33(31,32)26-14-10-21(2)11-15-26)18-24(25)16-27(29-28)22-6-4-3-5-7-22/h3-15,17H,16,18-19H2,1-2H3. The zero-order valence-corrected chi connectivity index (χ0v) is 19.6. The lowest BCUT2D eigenvalue weighted by atomic mass is 10.0. The molecule has 0 aromatic heterocycles. The van der Waals surface area contributed by atoms with Crippen molar-refractivity contribution in [2.45, 2.75) is 25.2 Å². The van der Waals surface area contributed by atoms with E-state index in [-0.39, 0.29) is 0 Å². The Morgan fingerprint density at radius 2 is 1.39 bits per heavy atom. The third-order valence-corrected chi connectivity index (χ3v) is 8.03. The van der Waals surface area contributed by atoms with E-state index < -0.39 is 10.0 Å². The van der Waals surface area contributed by atoms with Crippen LogP contribution in [0.15, 0.2) is 106 Å². The number of nitrogens with zero attached hydrogens (tertiary/aromatic N) is 2. The fraction of sp³-hybridized carbons (Fsp3) is 0.179. The van der Waals surface area contributed by atoms with Crippen LogP contribution in [-0.2, 0) is 10.0 Å². The van der Waals surface area contributed by atoms with Crippen LogP contribution in [0.5, 0.6) is 0 Å². The van der Waals surface area contributed by atoms with Crippen LogP contribution >= 0.6 is 0 Å². The molecule has 3 aromatic rings. The number of aryl methyl sites for hydroxylation is 2. The molecule has 0 amide bonds. The highest BCUT2D eigenvalue weighted by Crippen LogP contribution is 2.34. The van der Waals surface area contributed by atoms with Gasteiger partial charge in [-0.25, -0.2) is 8.42 Å². The Balaban J connectivity index is 1.53. The minimum atomic E-state index is -3.57. The van der Waals surface area contributed by atoms with Crippen LogP contribution in [0.2, 0.25) is 0 Å². The number of rotatable bonds is 4. The van der Waals surface area contributed by atoms with Gasteiger partial charge in [0.05, 0.1) is 16.3 Å². The predicted octanol–water partition coefficient (Wildman–Crippen LogP) is 5.54. The molecule has 0 radical (unpaired) electrons. The van der Waals surface area contributed by atoms with Crippen molar-refractivity contribution in [2.75, 3.05) is 13.1 Å². The van der Waals surface area contributed by atoms with Crippen LogP contribution in [0.4, 0.5) is 0 Å². The van der Waals surface area contributed by atoms with Gasteiger partial charge in [0.25, 0.3) is 0 Å². The van der Waals surface area contributed by atoms with E-state index in [0.717, 1.165) is 39.2 Å². The Kier molecular flexibility index (Phi) is 5.60. The van der Waals surface area contributed by atoms with E-state index in [1.807, 2.05) is 37.3 Å². The van der Waals surface area contributed by atoms with Gasteiger partial charge in [-0.15, -0.1) is 0 Å². The maximum atomic E-state index is 13.4. The summed E-state index contributed by atoms with van der Waals surface area (Å²) >= 11 is 0. The second kappa shape index (κ2) is 8.58. The molecule has 0 bridgehead atoms. The van der Waals surface area contributed by atoms with Gasteiger partial charge >= 0.3 is 0 Å². The molecule has 4 nitrogen and oxygen atoms in total. The van der Waals surface area contributed by atoms with Crippen LogP contribution in [0.3, 0.4) is 0 Å². The number of hydrogen-bond donors (Lipinski definition) is 0. The molecule has 0 spiro atoms. The molecule has 166 valence electrons. The summed E-state index contributed by atoms with van der Waals surface area (Å²) in [6, 6.07) is 25.5. The van der Waals surface area contributed by atoms with Gasteiger partial charge in [-0.05, 0) is 48.8 Å². The quantitative estimate of drug-likeness (QED) is 0.520. The van der Waals surface area contributed by atoms with E-state index in [1.165, 1.54) is 5.56 Å². The van der Waals surface area contributed by atoms with Gasteiger partial charge in [-0.2, -0.15) is 4.31 Å². The van der Waals surface area contributed by atoms with Gasteiger partial charge < -0.3 is 0 Å². The molecule has 33 heavy (non-hydrogen) atoms. The molecule has 0 atom stereocenters. The van der Waals surface area contributed by atoms with Crippen molar-refractivity contribution in [3.05, 3.63) is 118 Å². The number of hydrogen-bond acceptors (Lipinski definition) is 3. The lowest BCUT2D eigenvalue weighted by Crippen LogP contribution is -2.30. The van der Waals surface area contributed by atoms with Gasteiger partial charge in [-0.3, -0.25) is 4.99 Å². The summed E-state index contributed by atoms with van der Waals surface area (Å²) in [5, 5.41) is 0. The topological polar surface area (TPSA) is 49.7 Å². The molecule has 5 rings (SSSR count). The summed E-state index contributed by atoms with van der Waals surface area (Å²) in [6.45, 7) is 4.76. The van der Waals surface area contributed by atoms with Crippen LogP contribution in [0, 0.1) is 13.8 Å². The molecule has 2 aliphatic rings. The summed E-state index contributed by atoms with van der Waals surface area (Å²) in [5.41, 5.74) is 8.29. The summed E-state index contributed by atoms with van der Waals surface area (Å²) in [4.78, 5) is 5.39. The Hall–Kier alpha value is -3.28. The van der Waals surface area contributed by atoms with Crippen molar-refractivity contribution in [3.63, 3.8) is 0 Å². The molecule has 2 aliphatic heterocycles. The molecule has 5 heteroatoms. The summed E-state index contributed by atoms with van der Waals surface area (Å²) < 4.78 is 28.3. The van der Waals surface area contributed by atoms with Crippen molar-refractivity contribution in [1.82, 2.24) is 4.31 Å². The first-order valence-corrected chi connectivity index (χ1v) is 12.5. The fourth-order valence-electron chi connectivity index (χ4n) is 4.27. The molecular formula is C28H26N2O2S. The van der Waals surface area contributed by atoms with E-state index in [1.54, 1.807) is 16.4 Å². The number of sulfonamides is 1. The fourth-order valence-corrected chi connectivity index (χ4v) is 5.69. The minimum absolute atomic E-state index is 0.338. The Morgan fingerprint density at radius 3 is 2.06 bits per heavy atom. The molecule has 0 N–H and O–H groups in total. The normalized spacial score (nSPS) is 16.8. The van der Waals surface area contributed by atoms with Gasteiger partial charge in [0.15, 0.2) is 0 Å². The molecule has 2 heterocycles. The van der Waals surface area contributed by atoms with Crippen LogP contribution < -0.4 is 0 Å². The second-order valence-electron chi connectivity index (χ2n) is 8.71. The highest BCUT2D eigenvalue weighted by molar-refractivity contribution is 7.89. The first-order valence-electron chi connectivity index (χ1n) is 11.1. The van der Waals surface area contributed by atoms with Crippen molar-refractivity contribution in [2.24, 2.45) is 4.99 Å². The van der Waals surface area contributed by atoms with E-state index in [0.29, 0.717) is 24.4 Å². The van der Waals surface area contributed by atoms with E-state index in [9.17, 15) is 8.42 Å². The first-order chi connectivity index (χ1) is 15.9. The molecular weight excluding hydrogens is 428 g/mol. The third-order valence-electron chi connectivity index (χ3n) is 6.23. The molecule has 3 aromatic carbocycles. The zero-order valence-electron chi connectivity index (χ0n) is 18.8.